The first-order valence-electron chi connectivity index (χ1n) is 6.38. The van der Waals surface area contributed by atoms with Crippen molar-refractivity contribution in [1.29, 1.82) is 0 Å². The molecule has 2 unspecified atom stereocenters. The third kappa shape index (κ3) is 4.59. The molecule has 1 aromatic carbocycles. The predicted molar refractivity (Wildman–Crippen MR) is 75.5 cm³/mol. The number of halogens is 1. The van der Waals surface area contributed by atoms with Gasteiger partial charge in [-0.05, 0) is 43.7 Å². The molecule has 0 bridgehead atoms. The van der Waals surface area contributed by atoms with Crippen LogP contribution in [0.25, 0.3) is 0 Å². The molecule has 4 heteroatoms. The zero-order valence-electron chi connectivity index (χ0n) is 11.2. The summed E-state index contributed by atoms with van der Waals surface area (Å²) in [6, 6.07) is 4.97. The van der Waals surface area contributed by atoms with Crippen LogP contribution in [0.3, 0.4) is 0 Å². The van der Waals surface area contributed by atoms with Gasteiger partial charge in [0.1, 0.15) is 5.82 Å². The minimum absolute atomic E-state index is 0.118. The zero-order valence-corrected chi connectivity index (χ0v) is 12.1. The lowest BCUT2D eigenvalue weighted by atomic mass is 10.1. The maximum atomic E-state index is 13.4. The molecular weight excluding hydrogens is 249 g/mol. The predicted octanol–water partition coefficient (Wildman–Crippen LogP) is 3.36. The molecule has 0 saturated carbocycles. The van der Waals surface area contributed by atoms with E-state index in [1.165, 1.54) is 6.07 Å². The van der Waals surface area contributed by atoms with Crippen molar-refractivity contribution in [2.75, 3.05) is 13.2 Å². The molecule has 1 rings (SSSR count). The number of rotatable bonds is 7. The van der Waals surface area contributed by atoms with Gasteiger partial charge in [0, 0.05) is 16.2 Å². The van der Waals surface area contributed by atoms with Crippen molar-refractivity contribution in [1.82, 2.24) is 5.32 Å². The summed E-state index contributed by atoms with van der Waals surface area (Å²) in [5.74, 6) is -0.212. The second-order valence-corrected chi connectivity index (χ2v) is 5.95. The molecule has 0 aliphatic carbocycles. The second-order valence-electron chi connectivity index (χ2n) is 4.47. The lowest BCUT2D eigenvalue weighted by molar-refractivity contribution is 0.300. The Balaban J connectivity index is 2.88. The molecule has 0 aliphatic heterocycles. The highest BCUT2D eigenvalue weighted by Crippen LogP contribution is 2.31. The molecule has 18 heavy (non-hydrogen) atoms. The number of nitrogens with one attached hydrogen (secondary N) is 1. The number of thioether (sulfide) groups is 1. The fourth-order valence-electron chi connectivity index (χ4n) is 1.69. The van der Waals surface area contributed by atoms with Crippen molar-refractivity contribution in [3.8, 4) is 0 Å². The maximum Gasteiger partial charge on any atom is 0.123 e. The van der Waals surface area contributed by atoms with Gasteiger partial charge < -0.3 is 10.4 Å². The molecule has 2 nitrogen and oxygen atoms in total. The highest BCUT2D eigenvalue weighted by molar-refractivity contribution is 8.00. The Bertz CT molecular complexity index is 373. The van der Waals surface area contributed by atoms with Crippen molar-refractivity contribution < 1.29 is 9.50 Å². The molecule has 0 amide bonds. The molecule has 1 aromatic rings. The molecule has 0 saturated heterocycles. The van der Waals surface area contributed by atoms with Crippen molar-refractivity contribution in [3.05, 3.63) is 29.6 Å². The Morgan fingerprint density at radius 1 is 1.39 bits per heavy atom. The van der Waals surface area contributed by atoms with Crippen LogP contribution in [0.5, 0.6) is 0 Å². The lowest BCUT2D eigenvalue weighted by Gasteiger charge is -2.19. The number of hydrogen-bond donors (Lipinski definition) is 2. The van der Waals surface area contributed by atoms with Crippen LogP contribution in [0.4, 0.5) is 4.39 Å². The second kappa shape index (κ2) is 7.77. The summed E-state index contributed by atoms with van der Waals surface area (Å²) in [5.41, 5.74) is 0.966. The molecule has 0 heterocycles. The molecule has 0 aliphatic rings. The van der Waals surface area contributed by atoms with E-state index >= 15 is 0 Å². The van der Waals surface area contributed by atoms with Gasteiger partial charge in [0.25, 0.3) is 0 Å². The highest BCUT2D eigenvalue weighted by atomic mass is 32.2. The minimum atomic E-state index is -0.212. The van der Waals surface area contributed by atoms with Crippen molar-refractivity contribution >= 4 is 11.8 Å². The van der Waals surface area contributed by atoms with Crippen molar-refractivity contribution in [3.63, 3.8) is 0 Å². The molecule has 2 atom stereocenters. The number of aliphatic hydroxyl groups is 1. The number of aliphatic hydroxyl groups excluding tert-OH is 1. The van der Waals surface area contributed by atoms with Crippen LogP contribution < -0.4 is 5.32 Å². The number of hydrogen-bond acceptors (Lipinski definition) is 3. The Kier molecular flexibility index (Phi) is 6.68. The van der Waals surface area contributed by atoms with Crippen molar-refractivity contribution in [2.45, 2.75) is 43.4 Å². The summed E-state index contributed by atoms with van der Waals surface area (Å²) in [6.07, 6.45) is 1.05. The lowest BCUT2D eigenvalue weighted by Crippen LogP contribution is -2.20. The summed E-state index contributed by atoms with van der Waals surface area (Å²) >= 11 is 1.58. The molecule has 0 radical (unpaired) electrons. The topological polar surface area (TPSA) is 32.3 Å². The van der Waals surface area contributed by atoms with E-state index < -0.39 is 0 Å². The van der Waals surface area contributed by atoms with Crippen LogP contribution >= 0.6 is 11.8 Å². The Labute approximate surface area is 113 Å². The minimum Gasteiger partial charge on any atom is -0.395 e. The van der Waals surface area contributed by atoms with Gasteiger partial charge in [-0.1, -0.05) is 13.8 Å². The van der Waals surface area contributed by atoms with Gasteiger partial charge in [0.2, 0.25) is 0 Å². The Morgan fingerprint density at radius 2 is 2.11 bits per heavy atom. The molecule has 0 fully saturated rings. The first-order valence-corrected chi connectivity index (χ1v) is 7.26. The van der Waals surface area contributed by atoms with Crippen LogP contribution in [-0.4, -0.2) is 23.5 Å². The summed E-state index contributed by atoms with van der Waals surface area (Å²) in [4.78, 5) is 1.04. The monoisotopic (exact) mass is 271 g/mol. The summed E-state index contributed by atoms with van der Waals surface area (Å²) in [5, 5.41) is 12.6. The fraction of sp³-hybridized carbons (Fsp3) is 0.571. The first-order chi connectivity index (χ1) is 8.58. The third-order valence-corrected chi connectivity index (χ3v) is 3.90. The van der Waals surface area contributed by atoms with Gasteiger partial charge in [-0.3, -0.25) is 0 Å². The zero-order chi connectivity index (χ0) is 13.5. The van der Waals surface area contributed by atoms with Gasteiger partial charge in [-0.25, -0.2) is 4.39 Å². The maximum absolute atomic E-state index is 13.4. The smallest absolute Gasteiger partial charge is 0.123 e. The van der Waals surface area contributed by atoms with Crippen LogP contribution in [0.15, 0.2) is 23.1 Å². The Morgan fingerprint density at radius 3 is 2.72 bits per heavy atom. The normalized spacial score (nSPS) is 14.5. The van der Waals surface area contributed by atoms with Gasteiger partial charge in [-0.15, -0.1) is 11.8 Å². The first kappa shape index (κ1) is 15.5. The highest BCUT2D eigenvalue weighted by Gasteiger charge is 2.13. The third-order valence-electron chi connectivity index (χ3n) is 2.72. The largest absolute Gasteiger partial charge is 0.395 e. The molecule has 102 valence electrons. The van der Waals surface area contributed by atoms with E-state index in [9.17, 15) is 4.39 Å². The molecule has 2 N–H and O–H groups in total. The van der Waals surface area contributed by atoms with E-state index in [0.29, 0.717) is 0 Å². The van der Waals surface area contributed by atoms with Crippen LogP contribution in [0.1, 0.15) is 38.8 Å². The number of benzene rings is 1. The summed E-state index contributed by atoms with van der Waals surface area (Å²) in [7, 11) is 0. The van der Waals surface area contributed by atoms with Crippen molar-refractivity contribution in [2.24, 2.45) is 0 Å². The van der Waals surface area contributed by atoms with Gasteiger partial charge in [0.15, 0.2) is 0 Å². The average Bonchev–Trinajstić information content (AvgIpc) is 2.37. The van der Waals surface area contributed by atoms with E-state index in [4.69, 9.17) is 5.11 Å². The molecular formula is C14H22FNOS. The fourth-order valence-corrected chi connectivity index (χ4v) is 2.72. The average molecular weight is 271 g/mol. The van der Waals surface area contributed by atoms with E-state index in [0.717, 1.165) is 23.4 Å². The van der Waals surface area contributed by atoms with E-state index in [2.05, 4.69) is 12.2 Å². The summed E-state index contributed by atoms with van der Waals surface area (Å²) < 4.78 is 13.4. The van der Waals surface area contributed by atoms with E-state index in [1.807, 2.05) is 13.8 Å². The van der Waals surface area contributed by atoms with Crippen LogP contribution in [0, 0.1) is 5.82 Å². The van der Waals surface area contributed by atoms with Gasteiger partial charge >= 0.3 is 0 Å². The van der Waals surface area contributed by atoms with Gasteiger partial charge in [-0.2, -0.15) is 0 Å². The van der Waals surface area contributed by atoms with E-state index in [-0.39, 0.29) is 23.7 Å². The summed E-state index contributed by atoms with van der Waals surface area (Å²) in [6.45, 7) is 7.14. The van der Waals surface area contributed by atoms with Crippen LogP contribution in [0.2, 0.25) is 0 Å². The standard InChI is InChI=1S/C14H22FNOS/c1-4-7-16-11(3)13-8-12(15)5-6-14(13)18-10(2)9-17/h5-6,8,10-11,16-17H,4,7,9H2,1-3H3. The quantitative estimate of drug-likeness (QED) is 0.746. The van der Waals surface area contributed by atoms with E-state index in [1.54, 1.807) is 23.9 Å². The van der Waals surface area contributed by atoms with Crippen LogP contribution in [-0.2, 0) is 0 Å². The molecule has 0 spiro atoms. The van der Waals surface area contributed by atoms with Gasteiger partial charge in [0.05, 0.1) is 6.61 Å². The molecule has 0 aromatic heterocycles. The SMILES string of the molecule is CCCNC(C)c1cc(F)ccc1SC(C)CO. The Hall–Kier alpha value is -0.580.